The normalized spacial score (nSPS) is 15.4. The van der Waals surface area contributed by atoms with Crippen LogP contribution < -0.4 is 11.1 Å². The number of aryl methyl sites for hydroxylation is 1. The lowest BCUT2D eigenvalue weighted by molar-refractivity contribution is 0.314. The Morgan fingerprint density at radius 2 is 2.11 bits per heavy atom. The molecule has 1 aromatic rings. The van der Waals surface area contributed by atoms with E-state index in [4.69, 9.17) is 10.9 Å². The molecular formula is C14H23N3O. The predicted molar refractivity (Wildman–Crippen MR) is 74.8 cm³/mol. The van der Waals surface area contributed by atoms with Crippen molar-refractivity contribution in [3.63, 3.8) is 0 Å². The van der Waals surface area contributed by atoms with E-state index in [1.165, 1.54) is 11.1 Å². The fourth-order valence-corrected chi connectivity index (χ4v) is 2.13. The van der Waals surface area contributed by atoms with Crippen molar-refractivity contribution < 1.29 is 5.21 Å². The first-order chi connectivity index (χ1) is 8.58. The largest absolute Gasteiger partial charge is 0.409 e. The average Bonchev–Trinajstić information content (AvgIpc) is 2.38. The van der Waals surface area contributed by atoms with Gasteiger partial charge in [-0.3, -0.25) is 0 Å². The van der Waals surface area contributed by atoms with E-state index in [1.54, 1.807) is 0 Å². The third kappa shape index (κ3) is 4.04. The summed E-state index contributed by atoms with van der Waals surface area (Å²) in [6.07, 6.45) is 1.50. The molecule has 0 amide bonds. The van der Waals surface area contributed by atoms with Gasteiger partial charge >= 0.3 is 0 Å². The molecule has 18 heavy (non-hydrogen) atoms. The first-order valence-corrected chi connectivity index (χ1v) is 6.36. The van der Waals surface area contributed by atoms with Crippen LogP contribution in [0.5, 0.6) is 0 Å². The van der Waals surface area contributed by atoms with E-state index in [1.807, 2.05) is 12.1 Å². The highest BCUT2D eigenvalue weighted by atomic mass is 16.4. The zero-order chi connectivity index (χ0) is 13.5. The van der Waals surface area contributed by atoms with E-state index >= 15 is 0 Å². The van der Waals surface area contributed by atoms with Crippen molar-refractivity contribution in [2.45, 2.75) is 45.7 Å². The molecule has 100 valence electrons. The van der Waals surface area contributed by atoms with Crippen molar-refractivity contribution in [2.75, 3.05) is 0 Å². The van der Waals surface area contributed by atoms with Crippen LogP contribution in [0.25, 0.3) is 0 Å². The van der Waals surface area contributed by atoms with Crippen LogP contribution in [0.15, 0.2) is 29.4 Å². The molecule has 0 heterocycles. The molecule has 0 spiro atoms. The molecule has 0 aliphatic carbocycles. The Bertz CT molecular complexity index is 404. The summed E-state index contributed by atoms with van der Waals surface area (Å²) >= 11 is 0. The highest BCUT2D eigenvalue weighted by Crippen LogP contribution is 2.18. The Balaban J connectivity index is 2.68. The molecule has 0 fully saturated rings. The van der Waals surface area contributed by atoms with E-state index in [0.717, 1.165) is 6.42 Å². The summed E-state index contributed by atoms with van der Waals surface area (Å²) in [6.45, 7) is 6.34. The van der Waals surface area contributed by atoms with Crippen molar-refractivity contribution >= 4 is 5.84 Å². The minimum Gasteiger partial charge on any atom is -0.409 e. The average molecular weight is 249 g/mol. The van der Waals surface area contributed by atoms with Gasteiger partial charge in [0.1, 0.15) is 5.84 Å². The van der Waals surface area contributed by atoms with Crippen molar-refractivity contribution in [3.05, 3.63) is 35.4 Å². The van der Waals surface area contributed by atoms with Crippen LogP contribution in [0.2, 0.25) is 0 Å². The van der Waals surface area contributed by atoms with Gasteiger partial charge in [0.25, 0.3) is 0 Å². The number of hydrogen-bond donors (Lipinski definition) is 3. The van der Waals surface area contributed by atoms with Crippen LogP contribution in [0.3, 0.4) is 0 Å². The standard InChI is InChI=1S/C14H23N3O/c1-4-12(9-14(15)17-18)16-11(3)13-8-6-5-7-10(13)2/h5-8,11-12,16,18H,4,9H2,1-3H3,(H2,15,17). The molecule has 0 radical (unpaired) electrons. The number of benzene rings is 1. The molecule has 0 saturated heterocycles. The molecule has 4 heteroatoms. The second-order valence-electron chi connectivity index (χ2n) is 4.65. The van der Waals surface area contributed by atoms with Gasteiger partial charge < -0.3 is 16.3 Å². The van der Waals surface area contributed by atoms with E-state index in [9.17, 15) is 0 Å². The minimum atomic E-state index is 0.218. The fourth-order valence-electron chi connectivity index (χ4n) is 2.13. The Kier molecular flexibility index (Phi) is 5.65. The van der Waals surface area contributed by atoms with Crippen molar-refractivity contribution in [3.8, 4) is 0 Å². The van der Waals surface area contributed by atoms with Gasteiger partial charge in [0, 0.05) is 18.5 Å². The second-order valence-corrected chi connectivity index (χ2v) is 4.65. The highest BCUT2D eigenvalue weighted by molar-refractivity contribution is 5.80. The molecule has 0 aliphatic heterocycles. The maximum atomic E-state index is 8.61. The summed E-state index contributed by atoms with van der Waals surface area (Å²) in [5, 5.41) is 15.2. The Hall–Kier alpha value is -1.55. The molecular weight excluding hydrogens is 226 g/mol. The molecule has 2 atom stereocenters. The molecule has 2 unspecified atom stereocenters. The quantitative estimate of drug-likeness (QED) is 0.314. The maximum absolute atomic E-state index is 8.61. The van der Waals surface area contributed by atoms with Gasteiger partial charge in [0.05, 0.1) is 0 Å². The number of nitrogens with two attached hydrogens (primary N) is 1. The molecule has 0 aliphatic rings. The van der Waals surface area contributed by atoms with E-state index in [-0.39, 0.29) is 17.9 Å². The molecule has 0 saturated carbocycles. The maximum Gasteiger partial charge on any atom is 0.140 e. The van der Waals surface area contributed by atoms with Crippen LogP contribution in [0.4, 0.5) is 0 Å². The third-order valence-electron chi connectivity index (χ3n) is 3.22. The van der Waals surface area contributed by atoms with Crippen LogP contribution >= 0.6 is 0 Å². The lowest BCUT2D eigenvalue weighted by Crippen LogP contribution is -2.35. The Morgan fingerprint density at radius 3 is 2.67 bits per heavy atom. The van der Waals surface area contributed by atoms with Crippen LogP contribution in [-0.4, -0.2) is 17.1 Å². The molecule has 0 bridgehead atoms. The molecule has 4 N–H and O–H groups in total. The first kappa shape index (κ1) is 14.5. The van der Waals surface area contributed by atoms with Crippen molar-refractivity contribution in [2.24, 2.45) is 10.9 Å². The zero-order valence-electron chi connectivity index (χ0n) is 11.4. The lowest BCUT2D eigenvalue weighted by atomic mass is 10.0. The number of nitrogens with zero attached hydrogens (tertiary/aromatic N) is 1. The van der Waals surface area contributed by atoms with Gasteiger partial charge in [-0.15, -0.1) is 0 Å². The monoisotopic (exact) mass is 249 g/mol. The highest BCUT2D eigenvalue weighted by Gasteiger charge is 2.14. The minimum absolute atomic E-state index is 0.218. The van der Waals surface area contributed by atoms with Crippen molar-refractivity contribution in [1.82, 2.24) is 5.32 Å². The molecule has 0 aromatic heterocycles. The number of hydrogen-bond acceptors (Lipinski definition) is 3. The fraction of sp³-hybridized carbons (Fsp3) is 0.500. The number of nitrogens with one attached hydrogen (secondary N) is 1. The summed E-state index contributed by atoms with van der Waals surface area (Å²) in [7, 11) is 0. The Labute approximate surface area is 109 Å². The van der Waals surface area contributed by atoms with Gasteiger partial charge in [-0.05, 0) is 31.4 Å². The smallest absolute Gasteiger partial charge is 0.140 e. The SMILES string of the molecule is CCC(CC(N)=NO)NC(C)c1ccccc1C. The predicted octanol–water partition coefficient (Wildman–Crippen LogP) is 2.56. The molecule has 1 rings (SSSR count). The first-order valence-electron chi connectivity index (χ1n) is 6.36. The summed E-state index contributed by atoms with van der Waals surface area (Å²) in [5.41, 5.74) is 8.12. The topological polar surface area (TPSA) is 70.6 Å². The van der Waals surface area contributed by atoms with Crippen LogP contribution in [0.1, 0.15) is 43.9 Å². The Morgan fingerprint density at radius 1 is 1.44 bits per heavy atom. The number of amidine groups is 1. The molecule has 4 nitrogen and oxygen atoms in total. The number of rotatable bonds is 6. The summed E-state index contributed by atoms with van der Waals surface area (Å²) in [5.74, 6) is 0.270. The summed E-state index contributed by atoms with van der Waals surface area (Å²) in [4.78, 5) is 0. The zero-order valence-corrected chi connectivity index (χ0v) is 11.4. The van der Waals surface area contributed by atoms with Gasteiger partial charge in [0.2, 0.25) is 0 Å². The van der Waals surface area contributed by atoms with Gasteiger partial charge in [0.15, 0.2) is 0 Å². The van der Waals surface area contributed by atoms with E-state index in [2.05, 4.69) is 43.4 Å². The van der Waals surface area contributed by atoms with Crippen LogP contribution in [-0.2, 0) is 0 Å². The summed E-state index contributed by atoms with van der Waals surface area (Å²) < 4.78 is 0. The molecule has 1 aromatic carbocycles. The number of oxime groups is 1. The second kappa shape index (κ2) is 7.01. The van der Waals surface area contributed by atoms with Crippen LogP contribution in [0, 0.1) is 6.92 Å². The van der Waals surface area contributed by atoms with E-state index < -0.39 is 0 Å². The van der Waals surface area contributed by atoms with Crippen molar-refractivity contribution in [1.29, 1.82) is 0 Å². The van der Waals surface area contributed by atoms with Gasteiger partial charge in [-0.2, -0.15) is 0 Å². The summed E-state index contributed by atoms with van der Waals surface area (Å²) in [6, 6.07) is 8.80. The van der Waals surface area contributed by atoms with Gasteiger partial charge in [-0.1, -0.05) is 36.3 Å². The third-order valence-corrected chi connectivity index (χ3v) is 3.22. The lowest BCUT2D eigenvalue weighted by Gasteiger charge is -2.23. The van der Waals surface area contributed by atoms with E-state index in [0.29, 0.717) is 6.42 Å². The van der Waals surface area contributed by atoms with Gasteiger partial charge in [-0.25, -0.2) is 0 Å².